The summed E-state index contributed by atoms with van der Waals surface area (Å²) in [6.07, 6.45) is 22.0. The van der Waals surface area contributed by atoms with E-state index in [-0.39, 0.29) is 0 Å². The molecule has 0 amide bonds. The van der Waals surface area contributed by atoms with Crippen LogP contribution in [0, 0.1) is 5.92 Å². The van der Waals surface area contributed by atoms with Crippen molar-refractivity contribution in [1.82, 2.24) is 5.32 Å². The Kier molecular flexibility index (Phi) is 12.5. The molecule has 1 saturated heterocycles. The van der Waals surface area contributed by atoms with Crippen molar-refractivity contribution in [1.29, 1.82) is 0 Å². The van der Waals surface area contributed by atoms with E-state index in [2.05, 4.69) is 12.2 Å². The number of nitrogens with one attached hydrogen (secondary N) is 1. The standard InChI is InChI=1S/C19H39N/c1-2-3-4-5-6-7-8-9-10-11-12-13-14-19-15-17-20-18-16-19/h19-20H,2-18H2,1H3. The highest BCUT2D eigenvalue weighted by Crippen LogP contribution is 2.20. The van der Waals surface area contributed by atoms with Crippen LogP contribution in [0.15, 0.2) is 0 Å². The van der Waals surface area contributed by atoms with Crippen molar-refractivity contribution in [2.24, 2.45) is 5.92 Å². The average Bonchev–Trinajstić information content (AvgIpc) is 2.49. The third-order valence-corrected chi connectivity index (χ3v) is 4.92. The van der Waals surface area contributed by atoms with Gasteiger partial charge in [-0.2, -0.15) is 0 Å². The lowest BCUT2D eigenvalue weighted by atomic mass is 9.92. The Morgan fingerprint density at radius 3 is 1.60 bits per heavy atom. The molecule has 1 N–H and O–H groups in total. The minimum absolute atomic E-state index is 1.04. The molecular formula is C19H39N. The van der Waals surface area contributed by atoms with Crippen LogP contribution in [0.1, 0.15) is 103 Å². The lowest BCUT2D eigenvalue weighted by molar-refractivity contribution is 0.342. The monoisotopic (exact) mass is 281 g/mol. The van der Waals surface area contributed by atoms with E-state index in [1.54, 1.807) is 0 Å². The third-order valence-electron chi connectivity index (χ3n) is 4.92. The quantitative estimate of drug-likeness (QED) is 0.404. The number of unbranched alkanes of at least 4 members (excludes halogenated alkanes) is 11. The van der Waals surface area contributed by atoms with E-state index in [4.69, 9.17) is 0 Å². The van der Waals surface area contributed by atoms with Crippen LogP contribution in [0.25, 0.3) is 0 Å². The molecule has 1 heterocycles. The Hall–Kier alpha value is -0.0400. The maximum atomic E-state index is 3.46. The first-order valence-electron chi connectivity index (χ1n) is 9.64. The molecule has 0 aromatic carbocycles. The van der Waals surface area contributed by atoms with Crippen LogP contribution in [0.3, 0.4) is 0 Å². The van der Waals surface area contributed by atoms with Gasteiger partial charge in [0.15, 0.2) is 0 Å². The third kappa shape index (κ3) is 10.7. The Morgan fingerprint density at radius 2 is 1.10 bits per heavy atom. The summed E-state index contributed by atoms with van der Waals surface area (Å²) in [7, 11) is 0. The maximum Gasteiger partial charge on any atom is -0.00463 e. The van der Waals surface area contributed by atoms with Gasteiger partial charge >= 0.3 is 0 Å². The van der Waals surface area contributed by atoms with Gasteiger partial charge in [-0.1, -0.05) is 90.4 Å². The van der Waals surface area contributed by atoms with Gasteiger partial charge in [0.25, 0.3) is 0 Å². The second-order valence-corrected chi connectivity index (χ2v) is 6.87. The van der Waals surface area contributed by atoms with Crippen molar-refractivity contribution in [3.63, 3.8) is 0 Å². The summed E-state index contributed by atoms with van der Waals surface area (Å²) in [5, 5.41) is 3.46. The molecule has 1 heteroatoms. The maximum absolute atomic E-state index is 3.46. The molecule has 0 spiro atoms. The van der Waals surface area contributed by atoms with Crippen LogP contribution in [0.2, 0.25) is 0 Å². The number of hydrogen-bond acceptors (Lipinski definition) is 1. The molecule has 20 heavy (non-hydrogen) atoms. The van der Waals surface area contributed by atoms with Gasteiger partial charge < -0.3 is 5.32 Å². The van der Waals surface area contributed by atoms with Gasteiger partial charge in [0.1, 0.15) is 0 Å². The molecule has 1 rings (SSSR count). The van der Waals surface area contributed by atoms with Crippen molar-refractivity contribution < 1.29 is 0 Å². The van der Waals surface area contributed by atoms with Gasteiger partial charge in [-0.15, -0.1) is 0 Å². The summed E-state index contributed by atoms with van der Waals surface area (Å²) in [6.45, 7) is 4.83. The number of rotatable bonds is 13. The van der Waals surface area contributed by atoms with Crippen molar-refractivity contribution in [3.8, 4) is 0 Å². The predicted octanol–water partition coefficient (Wildman–Crippen LogP) is 6.08. The van der Waals surface area contributed by atoms with Gasteiger partial charge in [-0.25, -0.2) is 0 Å². The highest BCUT2D eigenvalue weighted by Gasteiger charge is 2.11. The van der Waals surface area contributed by atoms with Gasteiger partial charge in [0.05, 0.1) is 0 Å². The fourth-order valence-corrected chi connectivity index (χ4v) is 3.44. The summed E-state index contributed by atoms with van der Waals surface area (Å²) in [4.78, 5) is 0. The van der Waals surface area contributed by atoms with Crippen LogP contribution < -0.4 is 5.32 Å². The second-order valence-electron chi connectivity index (χ2n) is 6.87. The van der Waals surface area contributed by atoms with Gasteiger partial charge in [0, 0.05) is 0 Å². The SMILES string of the molecule is CCCCCCCCCCCCCCC1CCNCC1. The lowest BCUT2D eigenvalue weighted by Gasteiger charge is -2.22. The molecule has 0 saturated carbocycles. The topological polar surface area (TPSA) is 12.0 Å². The van der Waals surface area contributed by atoms with E-state index < -0.39 is 0 Å². The van der Waals surface area contributed by atoms with Crippen LogP contribution >= 0.6 is 0 Å². The smallest absolute Gasteiger partial charge is 0.00463 e. The number of hydrogen-bond donors (Lipinski definition) is 1. The average molecular weight is 282 g/mol. The molecule has 0 bridgehead atoms. The van der Waals surface area contributed by atoms with E-state index in [0.29, 0.717) is 0 Å². The summed E-state index contributed by atoms with van der Waals surface area (Å²) in [6, 6.07) is 0. The minimum atomic E-state index is 1.04. The second kappa shape index (κ2) is 13.9. The Morgan fingerprint density at radius 1 is 0.650 bits per heavy atom. The molecule has 1 nitrogen and oxygen atoms in total. The Labute approximate surface area is 128 Å². The molecule has 0 atom stereocenters. The molecule has 0 aromatic rings. The van der Waals surface area contributed by atoms with Gasteiger partial charge in [0.2, 0.25) is 0 Å². The van der Waals surface area contributed by atoms with Gasteiger partial charge in [-0.05, 0) is 31.8 Å². The predicted molar refractivity (Wildman–Crippen MR) is 91.3 cm³/mol. The Balaban J connectivity index is 1.70. The van der Waals surface area contributed by atoms with E-state index in [0.717, 1.165) is 5.92 Å². The molecule has 0 aromatic heterocycles. The highest BCUT2D eigenvalue weighted by molar-refractivity contribution is 4.68. The van der Waals surface area contributed by atoms with E-state index in [9.17, 15) is 0 Å². The first-order chi connectivity index (χ1) is 9.93. The van der Waals surface area contributed by atoms with E-state index in [1.807, 2.05) is 0 Å². The van der Waals surface area contributed by atoms with E-state index in [1.165, 1.54) is 109 Å². The summed E-state index contributed by atoms with van der Waals surface area (Å²) >= 11 is 0. The molecule has 1 aliphatic heterocycles. The first-order valence-corrected chi connectivity index (χ1v) is 9.64. The fourth-order valence-electron chi connectivity index (χ4n) is 3.44. The minimum Gasteiger partial charge on any atom is -0.317 e. The molecular weight excluding hydrogens is 242 g/mol. The zero-order valence-corrected chi connectivity index (χ0v) is 14.1. The summed E-state index contributed by atoms with van der Waals surface area (Å²) in [5.41, 5.74) is 0. The Bertz CT molecular complexity index is 184. The van der Waals surface area contributed by atoms with Crippen LogP contribution in [-0.2, 0) is 0 Å². The normalized spacial score (nSPS) is 16.6. The van der Waals surface area contributed by atoms with Crippen molar-refractivity contribution in [3.05, 3.63) is 0 Å². The summed E-state index contributed by atoms with van der Waals surface area (Å²) < 4.78 is 0. The molecule has 0 radical (unpaired) electrons. The first kappa shape index (κ1) is 18.0. The molecule has 0 unspecified atom stereocenters. The van der Waals surface area contributed by atoms with E-state index >= 15 is 0 Å². The van der Waals surface area contributed by atoms with Crippen LogP contribution in [-0.4, -0.2) is 13.1 Å². The molecule has 120 valence electrons. The van der Waals surface area contributed by atoms with Gasteiger partial charge in [-0.3, -0.25) is 0 Å². The molecule has 1 aliphatic rings. The fraction of sp³-hybridized carbons (Fsp3) is 1.00. The van der Waals surface area contributed by atoms with Crippen molar-refractivity contribution in [2.75, 3.05) is 13.1 Å². The molecule has 0 aliphatic carbocycles. The lowest BCUT2D eigenvalue weighted by Crippen LogP contribution is -2.27. The number of piperidine rings is 1. The van der Waals surface area contributed by atoms with Crippen molar-refractivity contribution in [2.45, 2.75) is 103 Å². The van der Waals surface area contributed by atoms with Crippen LogP contribution in [0.5, 0.6) is 0 Å². The zero-order valence-electron chi connectivity index (χ0n) is 14.1. The van der Waals surface area contributed by atoms with Crippen molar-refractivity contribution >= 4 is 0 Å². The zero-order chi connectivity index (χ0) is 14.3. The molecule has 1 fully saturated rings. The largest absolute Gasteiger partial charge is 0.317 e. The summed E-state index contributed by atoms with van der Waals surface area (Å²) in [5.74, 6) is 1.04. The highest BCUT2D eigenvalue weighted by atomic mass is 14.9. The van der Waals surface area contributed by atoms with Crippen LogP contribution in [0.4, 0.5) is 0 Å².